The second-order valence-corrected chi connectivity index (χ2v) is 7.44. The van der Waals surface area contributed by atoms with Crippen LogP contribution in [0.2, 0.25) is 0 Å². The molecule has 0 radical (unpaired) electrons. The van der Waals surface area contributed by atoms with E-state index in [0.29, 0.717) is 31.7 Å². The van der Waals surface area contributed by atoms with Crippen molar-refractivity contribution in [1.29, 1.82) is 0 Å². The molecule has 0 unspecified atom stereocenters. The number of anilines is 1. The van der Waals surface area contributed by atoms with Gasteiger partial charge in [0.15, 0.2) is 5.75 Å². The van der Waals surface area contributed by atoms with E-state index in [4.69, 9.17) is 14.2 Å². The molecule has 34 heavy (non-hydrogen) atoms. The molecule has 3 rings (SSSR count). The van der Waals surface area contributed by atoms with Crippen molar-refractivity contribution in [1.82, 2.24) is 10.3 Å². The van der Waals surface area contributed by atoms with Crippen LogP contribution in [0, 0.1) is 10.1 Å². The van der Waals surface area contributed by atoms with E-state index in [0.717, 1.165) is 12.3 Å². The van der Waals surface area contributed by atoms with E-state index in [1.54, 1.807) is 0 Å². The Hall–Kier alpha value is -3.77. The van der Waals surface area contributed by atoms with Crippen molar-refractivity contribution < 1.29 is 37.1 Å². The van der Waals surface area contributed by atoms with Crippen molar-refractivity contribution in [3.05, 3.63) is 45.6 Å². The summed E-state index contributed by atoms with van der Waals surface area (Å²) in [6.07, 6.45) is -2.75. The Balaban J connectivity index is 1.73. The average molecular weight is 484 g/mol. The molecule has 0 atom stereocenters. The van der Waals surface area contributed by atoms with Crippen LogP contribution in [0.15, 0.2) is 24.4 Å². The van der Waals surface area contributed by atoms with Crippen molar-refractivity contribution in [2.75, 3.05) is 39.3 Å². The molecule has 0 saturated carbocycles. The molecule has 0 bridgehead atoms. The van der Waals surface area contributed by atoms with Gasteiger partial charge in [-0.3, -0.25) is 14.9 Å². The van der Waals surface area contributed by atoms with Gasteiger partial charge in [-0.05, 0) is 25.0 Å². The lowest BCUT2D eigenvalue weighted by Crippen LogP contribution is -2.45. The van der Waals surface area contributed by atoms with Crippen LogP contribution in [0.25, 0.3) is 0 Å². The maximum Gasteiger partial charge on any atom is 0.417 e. The number of pyridine rings is 1. The van der Waals surface area contributed by atoms with Gasteiger partial charge in [0, 0.05) is 31.4 Å². The monoisotopic (exact) mass is 484 g/mol. The molecule has 1 aromatic heterocycles. The minimum Gasteiger partial charge on any atom is -0.493 e. The van der Waals surface area contributed by atoms with E-state index in [1.165, 1.54) is 33.5 Å². The molecule has 1 saturated heterocycles. The summed E-state index contributed by atoms with van der Waals surface area (Å²) in [7, 11) is 3.84. The normalized spacial score (nSPS) is 14.5. The average Bonchev–Trinajstić information content (AvgIpc) is 2.82. The van der Waals surface area contributed by atoms with E-state index in [-0.39, 0.29) is 28.9 Å². The number of nitro groups is 1. The Kier molecular flexibility index (Phi) is 7.32. The second-order valence-electron chi connectivity index (χ2n) is 7.44. The van der Waals surface area contributed by atoms with E-state index in [1.807, 2.05) is 4.90 Å². The van der Waals surface area contributed by atoms with Crippen LogP contribution in [0.1, 0.15) is 28.8 Å². The number of aromatic nitrogens is 1. The number of amides is 1. The number of hydrogen-bond acceptors (Lipinski definition) is 8. The summed E-state index contributed by atoms with van der Waals surface area (Å²) in [4.78, 5) is 29.6. The number of methoxy groups -OCH3 is 3. The zero-order chi connectivity index (χ0) is 25.0. The van der Waals surface area contributed by atoms with Crippen LogP contribution in [0.4, 0.5) is 24.7 Å². The van der Waals surface area contributed by atoms with Gasteiger partial charge in [0.1, 0.15) is 11.4 Å². The van der Waals surface area contributed by atoms with Crippen molar-refractivity contribution in [2.45, 2.75) is 25.1 Å². The molecule has 0 spiro atoms. The molecule has 0 aliphatic carbocycles. The minimum absolute atomic E-state index is 0.00870. The highest BCUT2D eigenvalue weighted by Crippen LogP contribution is 2.46. The zero-order valence-corrected chi connectivity index (χ0v) is 18.6. The van der Waals surface area contributed by atoms with E-state index in [9.17, 15) is 28.1 Å². The Morgan fingerprint density at radius 1 is 1.15 bits per heavy atom. The third kappa shape index (κ3) is 5.07. The topological polar surface area (TPSA) is 116 Å². The van der Waals surface area contributed by atoms with Gasteiger partial charge in [0.2, 0.25) is 11.5 Å². The first-order chi connectivity index (χ1) is 16.1. The summed E-state index contributed by atoms with van der Waals surface area (Å²) >= 11 is 0. The van der Waals surface area contributed by atoms with Gasteiger partial charge in [0.25, 0.3) is 5.91 Å². The van der Waals surface area contributed by atoms with Gasteiger partial charge in [-0.25, -0.2) is 4.98 Å². The summed E-state index contributed by atoms with van der Waals surface area (Å²) in [5.41, 5.74) is -1.62. The fourth-order valence-electron chi connectivity index (χ4n) is 3.75. The highest BCUT2D eigenvalue weighted by atomic mass is 19.4. The predicted octanol–water partition coefficient (Wildman–Crippen LogP) is 3.43. The summed E-state index contributed by atoms with van der Waals surface area (Å²) < 4.78 is 53.7. The lowest BCUT2D eigenvalue weighted by atomic mass is 10.0. The first-order valence-corrected chi connectivity index (χ1v) is 10.2. The third-order valence-electron chi connectivity index (χ3n) is 5.46. The first-order valence-electron chi connectivity index (χ1n) is 10.2. The molecular weight excluding hydrogens is 461 g/mol. The number of benzene rings is 1. The molecule has 1 aliphatic rings. The third-order valence-corrected chi connectivity index (χ3v) is 5.46. The van der Waals surface area contributed by atoms with Gasteiger partial charge < -0.3 is 24.4 Å². The summed E-state index contributed by atoms with van der Waals surface area (Å²) in [5.74, 6) is -0.431. The number of hydrogen-bond donors (Lipinski definition) is 1. The van der Waals surface area contributed by atoms with Gasteiger partial charge >= 0.3 is 11.9 Å². The van der Waals surface area contributed by atoms with Crippen LogP contribution in [0.3, 0.4) is 0 Å². The molecule has 1 N–H and O–H groups in total. The SMILES string of the molecule is COc1cc(C(=O)NC2CCN(c3ccc(C(F)(F)F)cn3)CC2)c([N+](=O)[O-])c(OC)c1OC. The largest absolute Gasteiger partial charge is 0.493 e. The van der Waals surface area contributed by atoms with Crippen molar-refractivity contribution >= 4 is 17.4 Å². The number of carbonyl (C=O) groups excluding carboxylic acids is 1. The zero-order valence-electron chi connectivity index (χ0n) is 18.6. The number of piperidine rings is 1. The fraction of sp³-hybridized carbons (Fsp3) is 0.429. The Morgan fingerprint density at radius 2 is 1.79 bits per heavy atom. The van der Waals surface area contributed by atoms with Crippen LogP contribution in [0.5, 0.6) is 17.2 Å². The summed E-state index contributed by atoms with van der Waals surface area (Å²) in [6.45, 7) is 0.862. The number of alkyl halides is 3. The molecular formula is C21H23F3N4O6. The highest BCUT2D eigenvalue weighted by Gasteiger charge is 2.34. The van der Waals surface area contributed by atoms with Crippen LogP contribution in [-0.2, 0) is 6.18 Å². The quantitative estimate of drug-likeness (QED) is 0.470. The number of carbonyl (C=O) groups is 1. The van der Waals surface area contributed by atoms with Crippen LogP contribution < -0.4 is 24.4 Å². The van der Waals surface area contributed by atoms with Crippen molar-refractivity contribution in [2.24, 2.45) is 0 Å². The number of rotatable bonds is 7. The second kappa shape index (κ2) is 10.0. The Bertz CT molecular complexity index is 1050. The minimum atomic E-state index is -4.46. The van der Waals surface area contributed by atoms with Gasteiger partial charge in [-0.2, -0.15) is 13.2 Å². The van der Waals surface area contributed by atoms with E-state index >= 15 is 0 Å². The summed E-state index contributed by atoms with van der Waals surface area (Å²) in [6, 6.07) is 3.19. The van der Waals surface area contributed by atoms with Crippen molar-refractivity contribution in [3.8, 4) is 17.2 Å². The summed E-state index contributed by atoms with van der Waals surface area (Å²) in [5, 5.41) is 14.5. The molecule has 1 fully saturated rings. The molecule has 10 nitrogen and oxygen atoms in total. The molecule has 1 aliphatic heterocycles. The molecule has 184 valence electrons. The van der Waals surface area contributed by atoms with Gasteiger partial charge in [-0.1, -0.05) is 0 Å². The van der Waals surface area contributed by atoms with Gasteiger partial charge in [-0.15, -0.1) is 0 Å². The molecule has 2 aromatic rings. The fourth-order valence-corrected chi connectivity index (χ4v) is 3.75. The number of nitrogens with zero attached hydrogens (tertiary/aromatic N) is 3. The Morgan fingerprint density at radius 3 is 2.26 bits per heavy atom. The number of ether oxygens (including phenoxy) is 3. The predicted molar refractivity (Wildman–Crippen MR) is 115 cm³/mol. The lowest BCUT2D eigenvalue weighted by molar-refractivity contribution is -0.386. The maximum absolute atomic E-state index is 13.0. The molecule has 2 heterocycles. The number of halogens is 3. The smallest absolute Gasteiger partial charge is 0.417 e. The van der Waals surface area contributed by atoms with Crippen molar-refractivity contribution in [3.63, 3.8) is 0 Å². The highest BCUT2D eigenvalue weighted by molar-refractivity contribution is 6.00. The standard InChI is InChI=1S/C21H23F3N4O6/c1-32-15-10-14(17(28(30)31)19(34-3)18(15)33-2)20(29)26-13-6-8-27(9-7-13)16-5-4-12(11-25-16)21(22,23)24/h4-5,10-11,13H,6-9H2,1-3H3,(H,26,29). The van der Waals surface area contributed by atoms with E-state index < -0.39 is 28.3 Å². The number of nitrogens with one attached hydrogen (secondary N) is 1. The lowest BCUT2D eigenvalue weighted by Gasteiger charge is -2.33. The van der Waals surface area contributed by atoms with Crippen LogP contribution in [-0.4, -0.2) is 56.3 Å². The van der Waals surface area contributed by atoms with E-state index in [2.05, 4.69) is 10.3 Å². The molecule has 13 heteroatoms. The van der Waals surface area contributed by atoms with Gasteiger partial charge in [0.05, 0.1) is 31.8 Å². The molecule has 1 amide bonds. The molecule has 1 aromatic carbocycles. The maximum atomic E-state index is 13.0. The first kappa shape index (κ1) is 24.9. The Labute approximate surface area is 192 Å². The number of nitro benzene ring substituents is 1. The van der Waals surface area contributed by atoms with Crippen LogP contribution >= 0.6 is 0 Å².